The Bertz CT molecular complexity index is 763. The Balaban J connectivity index is 2.25. The first-order chi connectivity index (χ1) is 10.7. The molecule has 2 N–H and O–H groups in total. The fourth-order valence-electron chi connectivity index (χ4n) is 1.81. The summed E-state index contributed by atoms with van der Waals surface area (Å²) >= 11 is 4.84. The molecule has 2 aromatic carbocycles. The van der Waals surface area contributed by atoms with E-state index in [-0.39, 0.29) is 5.11 Å². The van der Waals surface area contributed by atoms with Crippen molar-refractivity contribution in [2.75, 3.05) is 10.6 Å². The molecule has 2 nitrogen and oxygen atoms in total. The number of aryl methyl sites for hydroxylation is 2. The molecule has 0 saturated carbocycles. The van der Waals surface area contributed by atoms with Crippen molar-refractivity contribution >= 4 is 28.7 Å². The molecule has 122 valence electrons. The molecule has 2 rings (SSSR count). The van der Waals surface area contributed by atoms with E-state index in [1.807, 2.05) is 19.2 Å². The van der Waals surface area contributed by atoms with Crippen LogP contribution < -0.4 is 10.6 Å². The molecule has 0 radical (unpaired) electrons. The van der Waals surface area contributed by atoms with Gasteiger partial charge in [-0.05, 0) is 49.3 Å². The highest BCUT2D eigenvalue weighted by Crippen LogP contribution is 2.27. The molecule has 0 aromatic heterocycles. The van der Waals surface area contributed by atoms with Crippen LogP contribution in [0.4, 0.5) is 33.3 Å². The summed E-state index contributed by atoms with van der Waals surface area (Å²) in [5.41, 5.74) is 1.26. The maximum Gasteiger partial charge on any atom is 0.200 e. The van der Waals surface area contributed by atoms with Crippen LogP contribution in [0, 0.1) is 42.9 Å². The van der Waals surface area contributed by atoms with Gasteiger partial charge in [-0.3, -0.25) is 0 Å². The van der Waals surface area contributed by atoms with E-state index in [0.717, 1.165) is 11.1 Å². The molecule has 8 heteroatoms. The summed E-state index contributed by atoms with van der Waals surface area (Å²) in [4.78, 5) is 0. The van der Waals surface area contributed by atoms with Gasteiger partial charge in [0.05, 0.1) is 0 Å². The monoisotopic (exact) mass is 346 g/mol. The van der Waals surface area contributed by atoms with Gasteiger partial charge in [0, 0.05) is 5.69 Å². The van der Waals surface area contributed by atoms with Crippen molar-refractivity contribution in [3.05, 3.63) is 58.4 Å². The van der Waals surface area contributed by atoms with Crippen LogP contribution in [0.15, 0.2) is 18.2 Å². The van der Waals surface area contributed by atoms with Crippen molar-refractivity contribution < 1.29 is 22.0 Å². The first-order valence-electron chi connectivity index (χ1n) is 6.39. The molecule has 0 fully saturated rings. The van der Waals surface area contributed by atoms with Crippen molar-refractivity contribution in [3.63, 3.8) is 0 Å². The van der Waals surface area contributed by atoms with Crippen molar-refractivity contribution in [2.45, 2.75) is 13.8 Å². The van der Waals surface area contributed by atoms with Crippen LogP contribution in [0.1, 0.15) is 11.1 Å². The highest BCUT2D eigenvalue weighted by molar-refractivity contribution is 7.80. The molecule has 0 aliphatic carbocycles. The Hall–Kier alpha value is -2.22. The minimum atomic E-state index is -2.22. The predicted octanol–water partition coefficient (Wildman–Crippen LogP) is 4.81. The fourth-order valence-corrected chi connectivity index (χ4v) is 2.03. The first-order valence-corrected chi connectivity index (χ1v) is 6.80. The third-order valence-corrected chi connectivity index (χ3v) is 3.42. The average molecular weight is 346 g/mol. The maximum absolute atomic E-state index is 13.5. The summed E-state index contributed by atoms with van der Waals surface area (Å²) in [5.74, 6) is -10.3. The Morgan fingerprint density at radius 3 is 1.83 bits per heavy atom. The Labute approximate surface area is 134 Å². The molecule has 0 aliphatic heterocycles. The van der Waals surface area contributed by atoms with Gasteiger partial charge in [-0.1, -0.05) is 6.07 Å². The fraction of sp³-hybridized carbons (Fsp3) is 0.133. The number of benzene rings is 2. The smallest absolute Gasteiger partial charge is 0.200 e. The highest BCUT2D eigenvalue weighted by atomic mass is 32.1. The number of thiocarbonyl (C=S) groups is 1. The zero-order valence-corrected chi connectivity index (χ0v) is 12.8. The average Bonchev–Trinajstić information content (AvgIpc) is 2.51. The molecule has 23 heavy (non-hydrogen) atoms. The van der Waals surface area contributed by atoms with Crippen LogP contribution >= 0.6 is 12.2 Å². The van der Waals surface area contributed by atoms with Crippen LogP contribution in [-0.2, 0) is 0 Å². The number of hydrogen-bond acceptors (Lipinski definition) is 1. The summed E-state index contributed by atoms with van der Waals surface area (Å²) in [6.07, 6.45) is 0. The molecule has 0 unspecified atom stereocenters. The zero-order chi connectivity index (χ0) is 17.3. The van der Waals surface area contributed by atoms with E-state index in [1.54, 1.807) is 18.2 Å². The number of anilines is 2. The molecule has 0 bridgehead atoms. The lowest BCUT2D eigenvalue weighted by Crippen LogP contribution is -2.22. The summed E-state index contributed by atoms with van der Waals surface area (Å²) in [6, 6.07) is 5.18. The molecular formula is C15H11F5N2S. The minimum absolute atomic E-state index is 0.309. The third-order valence-electron chi connectivity index (χ3n) is 3.21. The lowest BCUT2D eigenvalue weighted by Gasteiger charge is -2.14. The third kappa shape index (κ3) is 3.42. The van der Waals surface area contributed by atoms with Crippen LogP contribution in [0.3, 0.4) is 0 Å². The summed E-state index contributed by atoms with van der Waals surface area (Å²) in [5, 5.41) is 4.30. The SMILES string of the molecule is Cc1ccc(NC(=S)Nc2c(F)c(F)c(F)c(F)c2F)cc1C. The van der Waals surface area contributed by atoms with E-state index in [1.165, 1.54) is 0 Å². The van der Waals surface area contributed by atoms with Gasteiger partial charge in [0.2, 0.25) is 5.82 Å². The standard InChI is InChI=1S/C15H11F5N2S/c1-6-3-4-8(5-7(6)2)21-15(23)22-14-12(19)10(17)9(16)11(18)13(14)20/h3-5H,1-2H3,(H2,21,22,23). The normalized spacial score (nSPS) is 10.6. The first kappa shape index (κ1) is 17.1. The van der Waals surface area contributed by atoms with Gasteiger partial charge in [0.25, 0.3) is 0 Å². The van der Waals surface area contributed by atoms with E-state index >= 15 is 0 Å². The van der Waals surface area contributed by atoms with Gasteiger partial charge in [-0.25, -0.2) is 22.0 Å². The highest BCUT2D eigenvalue weighted by Gasteiger charge is 2.26. The van der Waals surface area contributed by atoms with Crippen molar-refractivity contribution in [1.82, 2.24) is 0 Å². The van der Waals surface area contributed by atoms with Gasteiger partial charge in [0.1, 0.15) is 5.69 Å². The lowest BCUT2D eigenvalue weighted by molar-refractivity contribution is 0.382. The van der Waals surface area contributed by atoms with E-state index in [9.17, 15) is 22.0 Å². The number of nitrogens with one attached hydrogen (secondary N) is 2. The lowest BCUT2D eigenvalue weighted by atomic mass is 10.1. The molecule has 0 atom stereocenters. The number of hydrogen-bond donors (Lipinski definition) is 2. The van der Waals surface area contributed by atoms with E-state index < -0.39 is 34.8 Å². The van der Waals surface area contributed by atoms with E-state index in [2.05, 4.69) is 5.32 Å². The predicted molar refractivity (Wildman–Crippen MR) is 82.0 cm³/mol. The Kier molecular flexibility index (Phi) is 4.84. The van der Waals surface area contributed by atoms with E-state index in [0.29, 0.717) is 5.69 Å². The van der Waals surface area contributed by atoms with Crippen LogP contribution in [0.5, 0.6) is 0 Å². The second kappa shape index (κ2) is 6.49. The van der Waals surface area contributed by atoms with Crippen molar-refractivity contribution in [3.8, 4) is 0 Å². The number of halogens is 5. The molecule has 0 saturated heterocycles. The largest absolute Gasteiger partial charge is 0.332 e. The second-order valence-corrected chi connectivity index (χ2v) is 5.23. The van der Waals surface area contributed by atoms with Crippen LogP contribution in [0.25, 0.3) is 0 Å². The summed E-state index contributed by atoms with van der Waals surface area (Å²) < 4.78 is 66.3. The minimum Gasteiger partial charge on any atom is -0.332 e. The topological polar surface area (TPSA) is 24.1 Å². The maximum atomic E-state index is 13.5. The quantitative estimate of drug-likeness (QED) is 0.353. The van der Waals surface area contributed by atoms with Crippen molar-refractivity contribution in [1.29, 1.82) is 0 Å². The van der Waals surface area contributed by atoms with Gasteiger partial charge >= 0.3 is 0 Å². The molecule has 2 aromatic rings. The van der Waals surface area contributed by atoms with Gasteiger partial charge in [-0.2, -0.15) is 0 Å². The molecule has 0 amide bonds. The van der Waals surface area contributed by atoms with Gasteiger partial charge in [-0.15, -0.1) is 0 Å². The molecule has 0 heterocycles. The molecule has 0 spiro atoms. The van der Waals surface area contributed by atoms with E-state index in [4.69, 9.17) is 12.2 Å². The Morgan fingerprint density at radius 1 is 0.783 bits per heavy atom. The summed E-state index contributed by atoms with van der Waals surface area (Å²) in [6.45, 7) is 3.74. The molecule has 0 aliphatic rings. The Morgan fingerprint density at radius 2 is 1.30 bits per heavy atom. The van der Waals surface area contributed by atoms with Gasteiger partial charge in [0.15, 0.2) is 28.4 Å². The second-order valence-electron chi connectivity index (χ2n) is 4.82. The van der Waals surface area contributed by atoms with Crippen LogP contribution in [-0.4, -0.2) is 5.11 Å². The molecular weight excluding hydrogens is 335 g/mol. The van der Waals surface area contributed by atoms with Crippen molar-refractivity contribution in [2.24, 2.45) is 0 Å². The zero-order valence-electron chi connectivity index (χ0n) is 12.0. The van der Waals surface area contributed by atoms with Gasteiger partial charge < -0.3 is 10.6 Å². The summed E-state index contributed by atoms with van der Waals surface area (Å²) in [7, 11) is 0. The van der Waals surface area contributed by atoms with Crippen LogP contribution in [0.2, 0.25) is 0 Å². The number of rotatable bonds is 2.